The summed E-state index contributed by atoms with van der Waals surface area (Å²) in [5, 5.41) is 0. The molecule has 1 atom stereocenters. The van der Waals surface area contributed by atoms with Crippen LogP contribution in [0, 0.1) is 0 Å². The number of amides is 1. The second-order valence-electron chi connectivity index (χ2n) is 4.60. The van der Waals surface area contributed by atoms with Crippen molar-refractivity contribution in [3.63, 3.8) is 0 Å². The van der Waals surface area contributed by atoms with E-state index in [1.165, 1.54) is 11.3 Å². The molecule has 2 N–H and O–H groups in total. The largest absolute Gasteiger partial charge is 0.332 e. The van der Waals surface area contributed by atoms with Crippen LogP contribution in [-0.2, 0) is 11.3 Å². The minimum absolute atomic E-state index is 0.120. The summed E-state index contributed by atoms with van der Waals surface area (Å²) < 4.78 is 0.711. The monoisotopic (exact) mass is 320 g/mol. The first-order valence-electron chi connectivity index (χ1n) is 6.56. The number of nitrogens with zero attached hydrogens (tertiary/aromatic N) is 1. The van der Waals surface area contributed by atoms with Crippen molar-refractivity contribution in [3.05, 3.63) is 69.9 Å². The van der Waals surface area contributed by atoms with Crippen molar-refractivity contribution in [1.29, 1.82) is 0 Å². The number of hydrogen-bond donors (Lipinski definition) is 1. The zero-order chi connectivity index (χ0) is 15.2. The van der Waals surface area contributed by atoms with E-state index in [0.717, 1.165) is 10.4 Å². The molecule has 0 aliphatic carbocycles. The van der Waals surface area contributed by atoms with E-state index in [1.807, 2.05) is 42.5 Å². The molecule has 0 spiro atoms. The van der Waals surface area contributed by atoms with Gasteiger partial charge in [0.2, 0.25) is 5.91 Å². The van der Waals surface area contributed by atoms with Crippen LogP contribution in [0.3, 0.4) is 0 Å². The van der Waals surface area contributed by atoms with Gasteiger partial charge in [-0.15, -0.1) is 17.9 Å². The van der Waals surface area contributed by atoms with E-state index in [4.69, 9.17) is 17.3 Å². The Labute approximate surface area is 133 Å². The first-order chi connectivity index (χ1) is 10.1. The van der Waals surface area contributed by atoms with Crippen molar-refractivity contribution in [2.45, 2.75) is 12.6 Å². The zero-order valence-electron chi connectivity index (χ0n) is 11.5. The lowest BCUT2D eigenvalue weighted by atomic mass is 10.1. The van der Waals surface area contributed by atoms with E-state index >= 15 is 0 Å². The average molecular weight is 321 g/mol. The number of benzene rings is 1. The predicted molar refractivity (Wildman–Crippen MR) is 88.3 cm³/mol. The Kier molecular flexibility index (Phi) is 5.56. The van der Waals surface area contributed by atoms with Gasteiger partial charge in [-0.1, -0.05) is 48.0 Å². The van der Waals surface area contributed by atoms with Gasteiger partial charge < -0.3 is 10.6 Å². The normalized spacial score (nSPS) is 11.9. The summed E-state index contributed by atoms with van der Waals surface area (Å²) in [5.74, 6) is -0.120. The Morgan fingerprint density at radius 2 is 2.05 bits per heavy atom. The smallest absolute Gasteiger partial charge is 0.244 e. The second-order valence-corrected chi connectivity index (χ2v) is 6.40. The Morgan fingerprint density at radius 3 is 2.62 bits per heavy atom. The van der Waals surface area contributed by atoms with E-state index in [9.17, 15) is 4.79 Å². The van der Waals surface area contributed by atoms with E-state index < -0.39 is 6.04 Å². The van der Waals surface area contributed by atoms with Gasteiger partial charge >= 0.3 is 0 Å². The minimum atomic E-state index is -0.665. The van der Waals surface area contributed by atoms with Crippen LogP contribution in [-0.4, -0.2) is 17.4 Å². The molecule has 1 aromatic carbocycles. The van der Waals surface area contributed by atoms with Crippen LogP contribution in [0.2, 0.25) is 4.34 Å². The third kappa shape index (κ3) is 4.17. The molecule has 1 heterocycles. The molecule has 0 radical (unpaired) electrons. The van der Waals surface area contributed by atoms with Crippen LogP contribution in [0.4, 0.5) is 0 Å². The van der Waals surface area contributed by atoms with Gasteiger partial charge in [0, 0.05) is 11.4 Å². The summed E-state index contributed by atoms with van der Waals surface area (Å²) in [6.45, 7) is 4.65. The molecule has 0 saturated heterocycles. The molecule has 110 valence electrons. The summed E-state index contributed by atoms with van der Waals surface area (Å²) in [6, 6.07) is 12.4. The van der Waals surface area contributed by atoms with Gasteiger partial charge in [-0.3, -0.25) is 4.79 Å². The van der Waals surface area contributed by atoms with Crippen molar-refractivity contribution >= 4 is 28.8 Å². The van der Waals surface area contributed by atoms with E-state index in [2.05, 4.69) is 6.58 Å². The van der Waals surface area contributed by atoms with Crippen LogP contribution >= 0.6 is 22.9 Å². The van der Waals surface area contributed by atoms with Crippen LogP contribution in [0.1, 0.15) is 16.5 Å². The minimum Gasteiger partial charge on any atom is -0.332 e. The maximum absolute atomic E-state index is 12.6. The summed E-state index contributed by atoms with van der Waals surface area (Å²) in [5.41, 5.74) is 6.89. The molecule has 0 aliphatic rings. The lowest BCUT2D eigenvalue weighted by molar-refractivity contribution is -0.132. The molecule has 0 bridgehead atoms. The fourth-order valence-corrected chi connectivity index (χ4v) is 3.12. The van der Waals surface area contributed by atoms with E-state index in [-0.39, 0.29) is 5.91 Å². The number of carbonyl (C=O) groups is 1. The number of rotatable bonds is 6. The van der Waals surface area contributed by atoms with Crippen LogP contribution < -0.4 is 5.73 Å². The van der Waals surface area contributed by atoms with Gasteiger partial charge in [-0.25, -0.2) is 0 Å². The Bertz CT molecular complexity index is 612. The van der Waals surface area contributed by atoms with Crippen molar-refractivity contribution in [1.82, 2.24) is 4.90 Å². The predicted octanol–water partition coefficient (Wildman–Crippen LogP) is 3.62. The lowest BCUT2D eigenvalue weighted by Gasteiger charge is -2.24. The molecule has 5 heteroatoms. The highest BCUT2D eigenvalue weighted by atomic mass is 35.5. The molecule has 1 aromatic heterocycles. The number of hydrogen-bond acceptors (Lipinski definition) is 3. The van der Waals surface area contributed by atoms with Crippen molar-refractivity contribution in [2.24, 2.45) is 5.73 Å². The molecular weight excluding hydrogens is 304 g/mol. The van der Waals surface area contributed by atoms with E-state index in [1.54, 1.807) is 11.0 Å². The Hall–Kier alpha value is -1.62. The maximum Gasteiger partial charge on any atom is 0.244 e. The quantitative estimate of drug-likeness (QED) is 0.826. The average Bonchev–Trinajstić information content (AvgIpc) is 2.91. The topological polar surface area (TPSA) is 46.3 Å². The molecule has 3 nitrogen and oxygen atoms in total. The molecule has 2 aromatic rings. The molecule has 2 rings (SSSR count). The number of thiophene rings is 1. The van der Waals surface area contributed by atoms with E-state index in [0.29, 0.717) is 17.4 Å². The lowest BCUT2D eigenvalue weighted by Crippen LogP contribution is -2.38. The first kappa shape index (κ1) is 15.8. The highest BCUT2D eigenvalue weighted by Gasteiger charge is 2.22. The van der Waals surface area contributed by atoms with Gasteiger partial charge in [0.05, 0.1) is 10.9 Å². The molecule has 0 aliphatic heterocycles. The summed E-state index contributed by atoms with van der Waals surface area (Å²) in [4.78, 5) is 15.3. The fourth-order valence-electron chi connectivity index (χ4n) is 2.01. The number of halogens is 1. The van der Waals surface area contributed by atoms with Gasteiger partial charge in [-0.2, -0.15) is 0 Å². The standard InChI is InChI=1S/C16H17ClN2OS/c1-2-10-19(11-13-8-9-14(17)21-13)16(20)15(18)12-6-4-3-5-7-12/h2-9,15H,1,10-11,18H2. The maximum atomic E-state index is 12.6. The number of carbonyl (C=O) groups excluding carboxylic acids is 1. The van der Waals surface area contributed by atoms with Crippen molar-refractivity contribution in [3.8, 4) is 0 Å². The molecular formula is C16H17ClN2OS. The second kappa shape index (κ2) is 7.41. The van der Waals surface area contributed by atoms with Crippen molar-refractivity contribution < 1.29 is 4.79 Å². The Morgan fingerprint density at radius 1 is 1.33 bits per heavy atom. The zero-order valence-corrected chi connectivity index (χ0v) is 13.1. The molecule has 0 saturated carbocycles. The summed E-state index contributed by atoms with van der Waals surface area (Å²) in [7, 11) is 0. The van der Waals surface area contributed by atoms with Crippen LogP contribution in [0.5, 0.6) is 0 Å². The SMILES string of the molecule is C=CCN(Cc1ccc(Cl)s1)C(=O)C(N)c1ccccc1. The first-order valence-corrected chi connectivity index (χ1v) is 7.75. The third-order valence-corrected chi connectivity index (χ3v) is 4.28. The van der Waals surface area contributed by atoms with Gasteiger partial charge in [0.15, 0.2) is 0 Å². The Balaban J connectivity index is 2.13. The molecule has 21 heavy (non-hydrogen) atoms. The van der Waals surface area contributed by atoms with Crippen molar-refractivity contribution in [2.75, 3.05) is 6.54 Å². The molecule has 1 amide bonds. The highest BCUT2D eigenvalue weighted by molar-refractivity contribution is 7.16. The number of nitrogens with two attached hydrogens (primary N) is 1. The van der Waals surface area contributed by atoms with Gasteiger partial charge in [0.1, 0.15) is 6.04 Å². The summed E-state index contributed by atoms with van der Waals surface area (Å²) >= 11 is 7.39. The summed E-state index contributed by atoms with van der Waals surface area (Å²) in [6.07, 6.45) is 1.70. The fraction of sp³-hybridized carbons (Fsp3) is 0.188. The van der Waals surface area contributed by atoms with Gasteiger partial charge in [0.25, 0.3) is 0 Å². The van der Waals surface area contributed by atoms with Crippen LogP contribution in [0.25, 0.3) is 0 Å². The third-order valence-electron chi connectivity index (χ3n) is 3.06. The molecule has 1 unspecified atom stereocenters. The van der Waals surface area contributed by atoms with Crippen LogP contribution in [0.15, 0.2) is 55.1 Å². The molecule has 0 fully saturated rings. The van der Waals surface area contributed by atoms with Gasteiger partial charge in [-0.05, 0) is 17.7 Å². The highest BCUT2D eigenvalue weighted by Crippen LogP contribution is 2.23.